The maximum absolute atomic E-state index is 5.76. The van der Waals surface area contributed by atoms with Crippen LogP contribution in [0.25, 0.3) is 0 Å². The molecule has 2 N–H and O–H groups in total. The van der Waals surface area contributed by atoms with Gasteiger partial charge in [0, 0.05) is 33.2 Å². The number of aryl methyl sites for hydroxylation is 1. The van der Waals surface area contributed by atoms with Crippen LogP contribution in [-0.4, -0.2) is 78.2 Å². The monoisotopic (exact) mass is 557 g/mol. The zero-order valence-corrected chi connectivity index (χ0v) is 21.5. The number of nitrogens with one attached hydrogen (secondary N) is 2. The van der Waals surface area contributed by atoms with Crippen molar-refractivity contribution in [1.82, 2.24) is 30.3 Å². The van der Waals surface area contributed by atoms with Crippen molar-refractivity contribution in [3.63, 3.8) is 0 Å². The average molecular weight is 557 g/mol. The molecule has 0 unspecified atom stereocenters. The second-order valence-electron chi connectivity index (χ2n) is 7.56. The van der Waals surface area contributed by atoms with Crippen LogP contribution in [0.1, 0.15) is 24.5 Å². The highest BCUT2D eigenvalue weighted by molar-refractivity contribution is 14.0. The van der Waals surface area contributed by atoms with Gasteiger partial charge >= 0.3 is 0 Å². The topological polar surface area (TPSA) is 88.8 Å². The SMILES string of the molecule is Cc1nnc(CN=C(NCCCOc2ccccc2)NCCCN2CCOCC2)n1C.I. The highest BCUT2D eigenvalue weighted by Crippen LogP contribution is 2.08. The van der Waals surface area contributed by atoms with E-state index in [1.54, 1.807) is 0 Å². The molecule has 2 heterocycles. The average Bonchev–Trinajstić information content (AvgIpc) is 3.13. The van der Waals surface area contributed by atoms with Gasteiger partial charge in [-0.2, -0.15) is 0 Å². The quantitative estimate of drug-likeness (QED) is 0.189. The number of aromatic nitrogens is 3. The predicted molar refractivity (Wildman–Crippen MR) is 137 cm³/mol. The summed E-state index contributed by atoms with van der Waals surface area (Å²) in [6, 6.07) is 9.89. The van der Waals surface area contributed by atoms with Crippen molar-refractivity contribution in [2.24, 2.45) is 12.0 Å². The first-order chi connectivity index (χ1) is 15.2. The minimum Gasteiger partial charge on any atom is -0.494 e. The van der Waals surface area contributed by atoms with Crippen LogP contribution in [0, 0.1) is 6.92 Å². The standard InChI is InChI=1S/C22H35N7O2.HI/c1-19-26-27-21(28(19)2)18-25-22(23-10-6-12-29-13-16-30-17-14-29)24-11-7-15-31-20-8-4-3-5-9-20;/h3-5,8-9H,6-7,10-18H2,1-2H3,(H2,23,24,25);1H. The van der Waals surface area contributed by atoms with Crippen molar-refractivity contribution in [1.29, 1.82) is 0 Å². The Bertz CT molecular complexity index is 795. The summed E-state index contributed by atoms with van der Waals surface area (Å²) in [5, 5.41) is 15.2. The fourth-order valence-electron chi connectivity index (χ4n) is 3.23. The van der Waals surface area contributed by atoms with E-state index in [1.807, 2.05) is 48.9 Å². The Kier molecular flexibility index (Phi) is 12.4. The molecule has 0 radical (unpaired) electrons. The highest BCUT2D eigenvalue weighted by Gasteiger charge is 2.10. The van der Waals surface area contributed by atoms with Gasteiger partial charge in [-0.1, -0.05) is 18.2 Å². The molecule has 1 aliphatic heterocycles. The van der Waals surface area contributed by atoms with Crippen LogP contribution in [0.15, 0.2) is 35.3 Å². The van der Waals surface area contributed by atoms with Crippen LogP contribution in [-0.2, 0) is 18.3 Å². The normalized spacial score (nSPS) is 14.6. The van der Waals surface area contributed by atoms with E-state index >= 15 is 0 Å². The van der Waals surface area contributed by atoms with E-state index < -0.39 is 0 Å². The van der Waals surface area contributed by atoms with Crippen molar-refractivity contribution in [3.8, 4) is 5.75 Å². The highest BCUT2D eigenvalue weighted by atomic mass is 127. The fraction of sp³-hybridized carbons (Fsp3) is 0.591. The Balaban J connectivity index is 0.00000363. The summed E-state index contributed by atoms with van der Waals surface area (Å²) >= 11 is 0. The predicted octanol–water partition coefficient (Wildman–Crippen LogP) is 1.97. The van der Waals surface area contributed by atoms with Crippen molar-refractivity contribution in [2.45, 2.75) is 26.3 Å². The number of hydrogen-bond donors (Lipinski definition) is 2. The van der Waals surface area contributed by atoms with Gasteiger partial charge < -0.3 is 24.7 Å². The first-order valence-electron chi connectivity index (χ1n) is 11.1. The Labute approximate surface area is 208 Å². The Morgan fingerprint density at radius 1 is 1.09 bits per heavy atom. The summed E-state index contributed by atoms with van der Waals surface area (Å²) in [4.78, 5) is 7.15. The molecule has 3 rings (SSSR count). The first-order valence-corrected chi connectivity index (χ1v) is 11.1. The maximum atomic E-state index is 5.76. The molecule has 10 heteroatoms. The molecule has 1 fully saturated rings. The zero-order valence-electron chi connectivity index (χ0n) is 19.1. The number of rotatable bonds is 11. The second kappa shape index (κ2) is 15.0. The number of nitrogens with zero attached hydrogens (tertiary/aromatic N) is 5. The molecule has 32 heavy (non-hydrogen) atoms. The molecule has 1 aromatic heterocycles. The molecule has 1 saturated heterocycles. The summed E-state index contributed by atoms with van der Waals surface area (Å²) in [5.74, 6) is 3.42. The van der Waals surface area contributed by atoms with Gasteiger partial charge in [0.15, 0.2) is 11.8 Å². The third-order valence-corrected chi connectivity index (χ3v) is 5.23. The fourth-order valence-corrected chi connectivity index (χ4v) is 3.23. The van der Waals surface area contributed by atoms with E-state index in [2.05, 4.69) is 25.7 Å². The van der Waals surface area contributed by atoms with Gasteiger partial charge in [-0.25, -0.2) is 4.99 Å². The van der Waals surface area contributed by atoms with E-state index in [4.69, 9.17) is 14.5 Å². The van der Waals surface area contributed by atoms with Crippen molar-refractivity contribution in [2.75, 3.05) is 52.5 Å². The number of aliphatic imine (C=N–C) groups is 1. The van der Waals surface area contributed by atoms with Gasteiger partial charge in [0.25, 0.3) is 0 Å². The molecule has 0 atom stereocenters. The molecule has 1 aromatic carbocycles. The minimum absolute atomic E-state index is 0. The lowest BCUT2D eigenvalue weighted by Crippen LogP contribution is -2.41. The summed E-state index contributed by atoms with van der Waals surface area (Å²) in [6.07, 6.45) is 1.94. The minimum atomic E-state index is 0. The van der Waals surface area contributed by atoms with Crippen LogP contribution in [0.3, 0.4) is 0 Å². The Hall–Kier alpha value is -1.92. The van der Waals surface area contributed by atoms with Crippen LogP contribution < -0.4 is 15.4 Å². The molecule has 178 valence electrons. The van der Waals surface area contributed by atoms with Gasteiger partial charge in [-0.05, 0) is 38.4 Å². The number of morpholine rings is 1. The van der Waals surface area contributed by atoms with Gasteiger partial charge in [0.1, 0.15) is 18.1 Å². The summed E-state index contributed by atoms with van der Waals surface area (Å²) < 4.78 is 13.1. The summed E-state index contributed by atoms with van der Waals surface area (Å²) in [6.45, 7) is 9.50. The number of halogens is 1. The number of hydrogen-bond acceptors (Lipinski definition) is 6. The molecule has 1 aliphatic rings. The van der Waals surface area contributed by atoms with Crippen LogP contribution in [0.4, 0.5) is 0 Å². The van der Waals surface area contributed by atoms with Gasteiger partial charge in [-0.15, -0.1) is 34.2 Å². The van der Waals surface area contributed by atoms with Crippen molar-refractivity contribution in [3.05, 3.63) is 42.0 Å². The summed E-state index contributed by atoms with van der Waals surface area (Å²) in [5.41, 5.74) is 0. The van der Waals surface area contributed by atoms with Gasteiger partial charge in [0.05, 0.1) is 19.8 Å². The second-order valence-corrected chi connectivity index (χ2v) is 7.56. The molecule has 0 amide bonds. The molecule has 0 bridgehead atoms. The number of para-hydroxylation sites is 1. The lowest BCUT2D eigenvalue weighted by atomic mass is 10.3. The lowest BCUT2D eigenvalue weighted by molar-refractivity contribution is 0.0376. The molecule has 0 saturated carbocycles. The molecule has 9 nitrogen and oxygen atoms in total. The van der Waals surface area contributed by atoms with E-state index in [1.165, 1.54) is 0 Å². The van der Waals surface area contributed by atoms with Gasteiger partial charge in [0.2, 0.25) is 0 Å². The van der Waals surface area contributed by atoms with E-state index in [0.717, 1.165) is 82.1 Å². The third-order valence-electron chi connectivity index (χ3n) is 5.23. The number of benzene rings is 1. The largest absolute Gasteiger partial charge is 0.494 e. The van der Waals surface area contributed by atoms with Crippen LogP contribution in [0.2, 0.25) is 0 Å². The summed E-state index contributed by atoms with van der Waals surface area (Å²) in [7, 11) is 1.96. The van der Waals surface area contributed by atoms with Gasteiger partial charge in [-0.3, -0.25) is 4.90 Å². The lowest BCUT2D eigenvalue weighted by Gasteiger charge is -2.26. The molecular formula is C22H36IN7O2. The van der Waals surface area contributed by atoms with Crippen molar-refractivity contribution >= 4 is 29.9 Å². The zero-order chi connectivity index (χ0) is 21.7. The smallest absolute Gasteiger partial charge is 0.191 e. The van der Waals surface area contributed by atoms with Crippen molar-refractivity contribution < 1.29 is 9.47 Å². The van der Waals surface area contributed by atoms with E-state index in [9.17, 15) is 0 Å². The number of ether oxygens (including phenoxy) is 2. The molecule has 2 aromatic rings. The Morgan fingerprint density at radius 2 is 1.81 bits per heavy atom. The first kappa shape index (κ1) is 26.3. The van der Waals surface area contributed by atoms with E-state index in [-0.39, 0.29) is 24.0 Å². The third kappa shape index (κ3) is 9.29. The molecular weight excluding hydrogens is 521 g/mol. The van der Waals surface area contributed by atoms with Crippen LogP contribution in [0.5, 0.6) is 5.75 Å². The molecule has 0 spiro atoms. The Morgan fingerprint density at radius 3 is 2.50 bits per heavy atom. The number of guanidine groups is 1. The van der Waals surface area contributed by atoms with E-state index in [0.29, 0.717) is 13.2 Å². The molecule has 0 aliphatic carbocycles. The maximum Gasteiger partial charge on any atom is 0.191 e. The van der Waals surface area contributed by atoms with Crippen LogP contribution >= 0.6 is 24.0 Å².